The zero-order valence-corrected chi connectivity index (χ0v) is 11.1. The maximum atomic E-state index is 6.00. The molecule has 4 heteroatoms. The standard InChI is InChI=1S/C13H23N3O/c1-4-14-9-11-6-8-15-16(11)10-12-5-7-13(2,3)17-12/h6,8,12,14H,4-5,7,9-10H2,1-3H3. The van der Waals surface area contributed by atoms with Gasteiger partial charge in [0.1, 0.15) is 0 Å². The van der Waals surface area contributed by atoms with Gasteiger partial charge in [-0.1, -0.05) is 6.92 Å². The third-order valence-electron chi connectivity index (χ3n) is 3.29. The number of hydrogen-bond acceptors (Lipinski definition) is 3. The average molecular weight is 237 g/mol. The molecule has 0 bridgehead atoms. The number of rotatable bonds is 5. The van der Waals surface area contributed by atoms with Crippen molar-refractivity contribution >= 4 is 0 Å². The predicted molar refractivity (Wildman–Crippen MR) is 67.8 cm³/mol. The summed E-state index contributed by atoms with van der Waals surface area (Å²) in [6, 6.07) is 2.07. The highest BCUT2D eigenvalue weighted by Gasteiger charge is 2.31. The first-order valence-corrected chi connectivity index (χ1v) is 6.50. The molecule has 2 rings (SSSR count). The Morgan fingerprint density at radius 2 is 2.41 bits per heavy atom. The van der Waals surface area contributed by atoms with Gasteiger partial charge in [-0.3, -0.25) is 4.68 Å². The van der Waals surface area contributed by atoms with Gasteiger partial charge in [0.15, 0.2) is 0 Å². The highest BCUT2D eigenvalue weighted by Crippen LogP contribution is 2.30. The molecule has 1 aliphatic rings. The molecule has 1 unspecified atom stereocenters. The fourth-order valence-electron chi connectivity index (χ4n) is 2.33. The van der Waals surface area contributed by atoms with Gasteiger partial charge in [0.05, 0.1) is 23.9 Å². The third-order valence-corrected chi connectivity index (χ3v) is 3.29. The van der Waals surface area contributed by atoms with Crippen molar-refractivity contribution in [1.29, 1.82) is 0 Å². The van der Waals surface area contributed by atoms with Gasteiger partial charge in [-0.05, 0) is 39.3 Å². The molecule has 0 radical (unpaired) electrons. The summed E-state index contributed by atoms with van der Waals surface area (Å²) in [6.07, 6.45) is 4.45. The van der Waals surface area contributed by atoms with Crippen LogP contribution in [0.25, 0.3) is 0 Å². The Balaban J connectivity index is 1.92. The van der Waals surface area contributed by atoms with Crippen molar-refractivity contribution in [2.75, 3.05) is 6.54 Å². The molecule has 2 heterocycles. The molecule has 1 N–H and O–H groups in total. The van der Waals surface area contributed by atoms with E-state index in [0.29, 0.717) is 6.10 Å². The normalized spacial score (nSPS) is 23.1. The number of nitrogens with one attached hydrogen (secondary N) is 1. The van der Waals surface area contributed by atoms with Crippen molar-refractivity contribution in [1.82, 2.24) is 15.1 Å². The fraction of sp³-hybridized carbons (Fsp3) is 0.769. The molecule has 0 aliphatic carbocycles. The molecule has 1 fully saturated rings. The van der Waals surface area contributed by atoms with Crippen LogP contribution in [0.4, 0.5) is 0 Å². The molecule has 1 aromatic rings. The average Bonchev–Trinajstić information content (AvgIpc) is 2.83. The van der Waals surface area contributed by atoms with E-state index in [2.05, 4.69) is 41.9 Å². The Hall–Kier alpha value is -0.870. The molecule has 0 spiro atoms. The Labute approximate surface area is 103 Å². The molecule has 0 amide bonds. The summed E-state index contributed by atoms with van der Waals surface area (Å²) in [7, 11) is 0. The van der Waals surface area contributed by atoms with Crippen LogP contribution in [0.3, 0.4) is 0 Å². The van der Waals surface area contributed by atoms with E-state index in [1.54, 1.807) is 0 Å². The van der Waals surface area contributed by atoms with Gasteiger partial charge in [0.2, 0.25) is 0 Å². The molecule has 1 aromatic heterocycles. The molecule has 1 saturated heterocycles. The minimum absolute atomic E-state index is 0.0413. The molecule has 96 valence electrons. The summed E-state index contributed by atoms with van der Waals surface area (Å²) in [4.78, 5) is 0. The maximum Gasteiger partial charge on any atom is 0.0779 e. The lowest BCUT2D eigenvalue weighted by atomic mass is 10.1. The van der Waals surface area contributed by atoms with Crippen LogP contribution in [-0.4, -0.2) is 28.0 Å². The molecular weight excluding hydrogens is 214 g/mol. The molecule has 1 aliphatic heterocycles. The van der Waals surface area contributed by atoms with Gasteiger partial charge in [-0.15, -0.1) is 0 Å². The van der Waals surface area contributed by atoms with Gasteiger partial charge < -0.3 is 10.1 Å². The second-order valence-electron chi connectivity index (χ2n) is 5.32. The lowest BCUT2D eigenvalue weighted by Gasteiger charge is -2.19. The lowest BCUT2D eigenvalue weighted by molar-refractivity contribution is -0.0233. The van der Waals surface area contributed by atoms with E-state index in [0.717, 1.165) is 32.5 Å². The Morgan fingerprint density at radius 3 is 3.06 bits per heavy atom. The Morgan fingerprint density at radius 1 is 1.59 bits per heavy atom. The zero-order chi connectivity index (χ0) is 12.3. The van der Waals surface area contributed by atoms with Crippen molar-refractivity contribution in [3.8, 4) is 0 Å². The smallest absolute Gasteiger partial charge is 0.0779 e. The molecule has 1 atom stereocenters. The Bertz CT molecular complexity index is 359. The highest BCUT2D eigenvalue weighted by atomic mass is 16.5. The molecule has 0 aromatic carbocycles. The van der Waals surface area contributed by atoms with Crippen LogP contribution in [0.5, 0.6) is 0 Å². The van der Waals surface area contributed by atoms with Crippen LogP contribution in [-0.2, 0) is 17.8 Å². The summed E-state index contributed by atoms with van der Waals surface area (Å²) < 4.78 is 8.06. The maximum absolute atomic E-state index is 6.00. The molecule has 0 saturated carbocycles. The topological polar surface area (TPSA) is 39.1 Å². The minimum Gasteiger partial charge on any atom is -0.370 e. The van der Waals surface area contributed by atoms with Crippen molar-refractivity contribution in [3.63, 3.8) is 0 Å². The fourth-order valence-corrected chi connectivity index (χ4v) is 2.33. The van der Waals surface area contributed by atoms with Gasteiger partial charge in [0, 0.05) is 12.7 Å². The number of hydrogen-bond donors (Lipinski definition) is 1. The van der Waals surface area contributed by atoms with Crippen LogP contribution in [0.1, 0.15) is 39.3 Å². The number of nitrogens with zero attached hydrogens (tertiary/aromatic N) is 2. The van der Waals surface area contributed by atoms with E-state index >= 15 is 0 Å². The lowest BCUT2D eigenvalue weighted by Crippen LogP contribution is -2.25. The Kier molecular flexibility index (Phi) is 3.84. The van der Waals surface area contributed by atoms with Crippen LogP contribution >= 0.6 is 0 Å². The number of aromatic nitrogens is 2. The number of ether oxygens (including phenoxy) is 1. The monoisotopic (exact) mass is 237 g/mol. The zero-order valence-electron chi connectivity index (χ0n) is 11.1. The highest BCUT2D eigenvalue weighted by molar-refractivity contribution is 5.00. The van der Waals surface area contributed by atoms with Crippen LogP contribution in [0, 0.1) is 0 Å². The van der Waals surface area contributed by atoms with Gasteiger partial charge in [-0.25, -0.2) is 0 Å². The van der Waals surface area contributed by atoms with Crippen molar-refractivity contribution in [2.24, 2.45) is 0 Å². The SMILES string of the molecule is CCNCc1ccnn1CC1CCC(C)(C)O1. The largest absolute Gasteiger partial charge is 0.370 e. The van der Waals surface area contributed by atoms with Gasteiger partial charge >= 0.3 is 0 Å². The third kappa shape index (κ3) is 3.30. The van der Waals surface area contributed by atoms with E-state index < -0.39 is 0 Å². The van der Waals surface area contributed by atoms with Crippen LogP contribution in [0.15, 0.2) is 12.3 Å². The van der Waals surface area contributed by atoms with Crippen LogP contribution < -0.4 is 5.32 Å². The van der Waals surface area contributed by atoms with E-state index in [1.165, 1.54) is 5.69 Å². The van der Waals surface area contributed by atoms with Crippen molar-refractivity contribution in [2.45, 2.75) is 58.4 Å². The summed E-state index contributed by atoms with van der Waals surface area (Å²) in [5.74, 6) is 0. The van der Waals surface area contributed by atoms with E-state index in [1.807, 2.05) is 6.20 Å². The predicted octanol–water partition coefficient (Wildman–Crippen LogP) is 1.95. The quantitative estimate of drug-likeness (QED) is 0.850. The summed E-state index contributed by atoms with van der Waals surface area (Å²) >= 11 is 0. The minimum atomic E-state index is 0.0413. The summed E-state index contributed by atoms with van der Waals surface area (Å²) in [5, 5.41) is 7.71. The van der Waals surface area contributed by atoms with E-state index in [4.69, 9.17) is 4.74 Å². The first kappa shape index (κ1) is 12.6. The molecule has 4 nitrogen and oxygen atoms in total. The first-order chi connectivity index (χ1) is 8.11. The van der Waals surface area contributed by atoms with Crippen molar-refractivity contribution in [3.05, 3.63) is 18.0 Å². The van der Waals surface area contributed by atoms with Gasteiger partial charge in [0.25, 0.3) is 0 Å². The van der Waals surface area contributed by atoms with Gasteiger partial charge in [-0.2, -0.15) is 5.10 Å². The molecular formula is C13H23N3O. The van der Waals surface area contributed by atoms with E-state index in [-0.39, 0.29) is 5.60 Å². The van der Waals surface area contributed by atoms with Crippen LogP contribution in [0.2, 0.25) is 0 Å². The van der Waals surface area contributed by atoms with E-state index in [9.17, 15) is 0 Å². The molecule has 17 heavy (non-hydrogen) atoms. The summed E-state index contributed by atoms with van der Waals surface area (Å²) in [5.41, 5.74) is 1.28. The summed E-state index contributed by atoms with van der Waals surface area (Å²) in [6.45, 7) is 9.18. The second kappa shape index (κ2) is 5.19. The van der Waals surface area contributed by atoms with Crippen molar-refractivity contribution < 1.29 is 4.74 Å². The first-order valence-electron chi connectivity index (χ1n) is 6.50. The second-order valence-corrected chi connectivity index (χ2v) is 5.32.